The lowest BCUT2D eigenvalue weighted by Gasteiger charge is -2.23. The molecule has 0 bridgehead atoms. The second kappa shape index (κ2) is 7.33. The fourth-order valence-corrected chi connectivity index (χ4v) is 3.94. The Hall–Kier alpha value is -2.60. The number of nitrogens with one attached hydrogen (secondary N) is 1. The van der Waals surface area contributed by atoms with Gasteiger partial charge in [-0.05, 0) is 36.1 Å². The average molecular weight is 366 g/mol. The molecule has 0 fully saturated rings. The van der Waals surface area contributed by atoms with Crippen molar-refractivity contribution in [1.82, 2.24) is 15.0 Å². The topological polar surface area (TPSA) is 54.0 Å². The molecule has 5 nitrogen and oxygen atoms in total. The van der Waals surface area contributed by atoms with Gasteiger partial charge in [-0.1, -0.05) is 19.4 Å². The van der Waals surface area contributed by atoms with Crippen LogP contribution < -0.4 is 9.64 Å². The van der Waals surface area contributed by atoms with Crippen molar-refractivity contribution in [3.63, 3.8) is 0 Å². The van der Waals surface area contributed by atoms with E-state index in [1.165, 1.54) is 4.88 Å². The molecule has 3 heterocycles. The molecule has 3 aromatic heterocycles. The molecule has 1 aromatic carbocycles. The van der Waals surface area contributed by atoms with Crippen LogP contribution in [-0.2, 0) is 6.54 Å². The van der Waals surface area contributed by atoms with Crippen LogP contribution in [0.3, 0.4) is 0 Å². The van der Waals surface area contributed by atoms with Crippen LogP contribution in [0.15, 0.2) is 42.0 Å². The number of methoxy groups -OCH3 is 1. The first-order valence-corrected chi connectivity index (χ1v) is 9.76. The molecule has 0 aliphatic carbocycles. The first-order valence-electron chi connectivity index (χ1n) is 8.88. The van der Waals surface area contributed by atoms with Crippen LogP contribution in [0.4, 0.5) is 5.82 Å². The number of aromatic amines is 1. The van der Waals surface area contributed by atoms with E-state index in [-0.39, 0.29) is 0 Å². The zero-order valence-electron chi connectivity index (χ0n) is 15.0. The lowest BCUT2D eigenvalue weighted by Crippen LogP contribution is -2.24. The summed E-state index contributed by atoms with van der Waals surface area (Å²) in [5.41, 5.74) is 2.98. The third-order valence-corrected chi connectivity index (χ3v) is 5.44. The van der Waals surface area contributed by atoms with Gasteiger partial charge in [0.25, 0.3) is 0 Å². The Balaban J connectivity index is 1.82. The number of unbranched alkanes of at least 4 members (excludes halogenated alkanes) is 1. The minimum Gasteiger partial charge on any atom is -0.497 e. The van der Waals surface area contributed by atoms with Crippen LogP contribution in [0.5, 0.6) is 5.75 Å². The third kappa shape index (κ3) is 3.12. The molecule has 0 atom stereocenters. The normalized spacial score (nSPS) is 11.3. The maximum Gasteiger partial charge on any atom is 0.156 e. The van der Waals surface area contributed by atoms with Crippen molar-refractivity contribution in [1.29, 1.82) is 0 Å². The van der Waals surface area contributed by atoms with Gasteiger partial charge in [0.2, 0.25) is 0 Å². The summed E-state index contributed by atoms with van der Waals surface area (Å²) in [6.07, 6.45) is 3.95. The Labute approximate surface area is 156 Å². The van der Waals surface area contributed by atoms with Gasteiger partial charge in [0.05, 0.1) is 13.7 Å². The van der Waals surface area contributed by atoms with Crippen molar-refractivity contribution in [2.24, 2.45) is 0 Å². The van der Waals surface area contributed by atoms with Gasteiger partial charge in [0.15, 0.2) is 5.82 Å². The maximum absolute atomic E-state index is 5.38. The number of hydrogen-bond donors (Lipinski definition) is 1. The minimum atomic E-state index is 0.833. The van der Waals surface area contributed by atoms with E-state index in [0.29, 0.717) is 0 Å². The number of H-pyrrole nitrogens is 1. The smallest absolute Gasteiger partial charge is 0.156 e. The fourth-order valence-electron chi connectivity index (χ4n) is 3.22. The molecular weight excluding hydrogens is 344 g/mol. The zero-order chi connectivity index (χ0) is 17.9. The standard InChI is InChI=1S/C20H22N4OS/c1-3-4-9-24(12-15-6-5-10-26-15)20-19-18(21-13-22-20)16-11-14(25-2)7-8-17(16)23-19/h5-8,10-11,13,23H,3-4,9,12H2,1-2H3. The quantitative estimate of drug-likeness (QED) is 0.501. The zero-order valence-corrected chi connectivity index (χ0v) is 15.8. The number of aromatic nitrogens is 3. The van der Waals surface area contributed by atoms with E-state index in [1.807, 2.05) is 18.2 Å². The summed E-state index contributed by atoms with van der Waals surface area (Å²) in [4.78, 5) is 16.4. The highest BCUT2D eigenvalue weighted by molar-refractivity contribution is 7.09. The largest absolute Gasteiger partial charge is 0.497 e. The van der Waals surface area contributed by atoms with Gasteiger partial charge in [-0.3, -0.25) is 0 Å². The molecule has 6 heteroatoms. The van der Waals surface area contributed by atoms with E-state index in [1.54, 1.807) is 24.8 Å². The van der Waals surface area contributed by atoms with Gasteiger partial charge >= 0.3 is 0 Å². The van der Waals surface area contributed by atoms with Crippen LogP contribution in [0.25, 0.3) is 21.9 Å². The summed E-state index contributed by atoms with van der Waals surface area (Å²) >= 11 is 1.78. The second-order valence-corrected chi connectivity index (χ2v) is 7.34. The van der Waals surface area contributed by atoms with E-state index in [4.69, 9.17) is 4.74 Å². The van der Waals surface area contributed by atoms with Crippen molar-refractivity contribution in [2.45, 2.75) is 26.3 Å². The lowest BCUT2D eigenvalue weighted by molar-refractivity contribution is 0.415. The number of benzene rings is 1. The molecule has 0 aliphatic rings. The van der Waals surface area contributed by atoms with Gasteiger partial charge in [-0.15, -0.1) is 11.3 Å². The number of rotatable bonds is 7. The predicted octanol–water partition coefficient (Wildman–Crippen LogP) is 4.99. The summed E-state index contributed by atoms with van der Waals surface area (Å²) in [6, 6.07) is 10.3. The number of hydrogen-bond acceptors (Lipinski definition) is 5. The highest BCUT2D eigenvalue weighted by Gasteiger charge is 2.17. The fraction of sp³-hybridized carbons (Fsp3) is 0.300. The van der Waals surface area contributed by atoms with E-state index in [9.17, 15) is 0 Å². The molecule has 0 radical (unpaired) electrons. The monoisotopic (exact) mass is 366 g/mol. The molecular formula is C20H22N4OS. The number of anilines is 1. The van der Waals surface area contributed by atoms with E-state index in [2.05, 4.69) is 44.3 Å². The highest BCUT2D eigenvalue weighted by Crippen LogP contribution is 2.32. The molecule has 134 valence electrons. The Morgan fingerprint density at radius 1 is 1.23 bits per heavy atom. The molecule has 0 spiro atoms. The number of nitrogens with zero attached hydrogens (tertiary/aromatic N) is 3. The molecule has 1 N–H and O–H groups in total. The molecule has 26 heavy (non-hydrogen) atoms. The molecule has 0 amide bonds. The summed E-state index contributed by atoms with van der Waals surface area (Å²) < 4.78 is 5.38. The molecule has 0 aliphatic heterocycles. The van der Waals surface area contributed by atoms with E-state index >= 15 is 0 Å². The molecule has 0 saturated carbocycles. The van der Waals surface area contributed by atoms with Crippen molar-refractivity contribution in [3.8, 4) is 5.75 Å². The number of thiophene rings is 1. The van der Waals surface area contributed by atoms with Gasteiger partial charge < -0.3 is 14.6 Å². The highest BCUT2D eigenvalue weighted by atomic mass is 32.1. The molecule has 0 saturated heterocycles. The first-order chi connectivity index (χ1) is 12.8. The van der Waals surface area contributed by atoms with Crippen molar-refractivity contribution in [3.05, 3.63) is 46.9 Å². The average Bonchev–Trinajstić information content (AvgIpc) is 3.31. The Bertz CT molecular complexity index is 1010. The molecule has 4 aromatic rings. The van der Waals surface area contributed by atoms with Crippen LogP contribution in [0, 0.1) is 0 Å². The van der Waals surface area contributed by atoms with Crippen molar-refractivity contribution in [2.75, 3.05) is 18.6 Å². The summed E-state index contributed by atoms with van der Waals surface area (Å²) in [7, 11) is 1.68. The molecule has 0 unspecified atom stereocenters. The SMILES string of the molecule is CCCCN(Cc1cccs1)c1ncnc2c1[nH]c1ccc(OC)cc12. The van der Waals surface area contributed by atoms with Crippen molar-refractivity contribution >= 4 is 39.1 Å². The van der Waals surface area contributed by atoms with Crippen molar-refractivity contribution < 1.29 is 4.74 Å². The summed E-state index contributed by atoms with van der Waals surface area (Å²) in [6.45, 7) is 4.05. The number of ether oxygens (including phenoxy) is 1. The van der Waals surface area contributed by atoms with Gasteiger partial charge in [0, 0.05) is 22.3 Å². The van der Waals surface area contributed by atoms with Crippen LogP contribution in [-0.4, -0.2) is 28.6 Å². The summed E-state index contributed by atoms with van der Waals surface area (Å²) in [5, 5.41) is 3.19. The van der Waals surface area contributed by atoms with Gasteiger partial charge in [0.1, 0.15) is 23.1 Å². The minimum absolute atomic E-state index is 0.833. The third-order valence-electron chi connectivity index (χ3n) is 4.58. The molecule has 4 rings (SSSR count). The second-order valence-electron chi connectivity index (χ2n) is 6.31. The Morgan fingerprint density at radius 2 is 2.15 bits per heavy atom. The van der Waals surface area contributed by atoms with Gasteiger partial charge in [-0.2, -0.15) is 0 Å². The Kier molecular flexibility index (Phi) is 4.75. The van der Waals surface area contributed by atoms with E-state index in [0.717, 1.165) is 59.4 Å². The maximum atomic E-state index is 5.38. The first kappa shape index (κ1) is 16.8. The summed E-state index contributed by atoms with van der Waals surface area (Å²) in [5.74, 6) is 1.80. The van der Waals surface area contributed by atoms with Crippen LogP contribution >= 0.6 is 11.3 Å². The predicted molar refractivity (Wildman–Crippen MR) is 108 cm³/mol. The Morgan fingerprint density at radius 3 is 2.92 bits per heavy atom. The number of fused-ring (bicyclic) bond motifs is 3. The van der Waals surface area contributed by atoms with Crippen LogP contribution in [0.2, 0.25) is 0 Å². The van der Waals surface area contributed by atoms with Crippen LogP contribution in [0.1, 0.15) is 24.6 Å². The lowest BCUT2D eigenvalue weighted by atomic mass is 10.2. The van der Waals surface area contributed by atoms with E-state index < -0.39 is 0 Å². The van der Waals surface area contributed by atoms with Gasteiger partial charge in [-0.25, -0.2) is 9.97 Å².